The number of anilines is 2. The number of ether oxygens (including phenoxy) is 4. The van der Waals surface area contributed by atoms with Crippen molar-refractivity contribution in [3.8, 4) is 17.2 Å². The highest BCUT2D eigenvalue weighted by Gasteiger charge is 2.35. The molecule has 0 aromatic heterocycles. The second-order valence-corrected chi connectivity index (χ2v) is 11.1. The maximum atomic E-state index is 13.7. The number of carbonyl (C=O) groups excluding carboxylic acids is 3. The van der Waals surface area contributed by atoms with E-state index >= 15 is 0 Å². The van der Waals surface area contributed by atoms with Crippen LogP contribution in [0.1, 0.15) is 37.0 Å². The Balaban J connectivity index is 1.39. The smallest absolute Gasteiger partial charge is 0.321 e. The molecule has 0 unspecified atom stereocenters. The third-order valence-corrected chi connectivity index (χ3v) is 7.97. The van der Waals surface area contributed by atoms with Crippen molar-refractivity contribution in [2.45, 2.75) is 38.8 Å². The van der Waals surface area contributed by atoms with Crippen LogP contribution in [0.3, 0.4) is 0 Å². The van der Waals surface area contributed by atoms with Gasteiger partial charge in [-0.1, -0.05) is 13.0 Å². The Hall–Kier alpha value is -4.03. The maximum Gasteiger partial charge on any atom is 0.321 e. The molecule has 2 aromatic rings. The third-order valence-electron chi connectivity index (χ3n) is 7.97. The Morgan fingerprint density at radius 1 is 1.12 bits per heavy atom. The average molecular weight is 583 g/mol. The van der Waals surface area contributed by atoms with Crippen molar-refractivity contribution in [3.05, 3.63) is 42.0 Å². The van der Waals surface area contributed by atoms with Crippen LogP contribution in [0.15, 0.2) is 36.4 Å². The van der Waals surface area contributed by atoms with Crippen molar-refractivity contribution in [1.82, 2.24) is 9.80 Å². The molecule has 3 heterocycles. The summed E-state index contributed by atoms with van der Waals surface area (Å²) in [7, 11) is 1.66. The molecule has 3 aliphatic rings. The Morgan fingerprint density at radius 2 is 1.88 bits per heavy atom. The normalized spacial score (nSPS) is 21.0. The maximum absolute atomic E-state index is 13.7. The van der Waals surface area contributed by atoms with Crippen molar-refractivity contribution >= 4 is 29.2 Å². The fraction of sp³-hybridized carbons (Fsp3) is 0.500. The van der Waals surface area contributed by atoms with Gasteiger partial charge >= 0.3 is 6.03 Å². The highest BCUT2D eigenvalue weighted by molar-refractivity contribution is 6.02. The zero-order chi connectivity index (χ0) is 29.8. The first-order chi connectivity index (χ1) is 20.2. The van der Waals surface area contributed by atoms with Crippen molar-refractivity contribution in [2.24, 2.45) is 11.8 Å². The number of urea groups is 1. The van der Waals surface area contributed by atoms with Gasteiger partial charge in [-0.3, -0.25) is 9.59 Å². The van der Waals surface area contributed by atoms with Gasteiger partial charge in [0, 0.05) is 50.4 Å². The molecule has 2 aromatic carbocycles. The highest BCUT2D eigenvalue weighted by Crippen LogP contribution is 2.36. The van der Waals surface area contributed by atoms with Crippen LogP contribution in [-0.2, 0) is 9.53 Å². The minimum atomic E-state index is -0.543. The number of nitrogens with zero attached hydrogens (tertiary/aromatic N) is 2. The van der Waals surface area contributed by atoms with Gasteiger partial charge in [0.25, 0.3) is 5.91 Å². The SMILES string of the molecule is C[C@@H]1CN([C@H](C)CO)C(=O)c2cccc(NC(=O)C3CCOCC3)c2O[C@H]1CN(C)C(=O)Nc1ccc2c(c1)OCO2. The Kier molecular flexibility index (Phi) is 9.03. The van der Waals surface area contributed by atoms with Crippen LogP contribution in [0.5, 0.6) is 17.2 Å². The third kappa shape index (κ3) is 6.39. The fourth-order valence-electron chi connectivity index (χ4n) is 5.30. The van der Waals surface area contributed by atoms with Gasteiger partial charge in [0.2, 0.25) is 12.7 Å². The molecule has 0 radical (unpaired) electrons. The molecule has 3 aliphatic heterocycles. The van der Waals surface area contributed by atoms with E-state index in [0.717, 1.165) is 0 Å². The molecule has 3 atom stereocenters. The van der Waals surface area contributed by atoms with Gasteiger partial charge in [-0.05, 0) is 44.0 Å². The number of hydrogen-bond acceptors (Lipinski definition) is 8. The summed E-state index contributed by atoms with van der Waals surface area (Å²) in [6.45, 7) is 5.18. The first kappa shape index (κ1) is 29.5. The number of amides is 4. The highest BCUT2D eigenvalue weighted by atomic mass is 16.7. The molecule has 0 aliphatic carbocycles. The van der Waals surface area contributed by atoms with E-state index in [0.29, 0.717) is 55.5 Å². The number of para-hydroxylation sites is 1. The number of hydrogen-bond donors (Lipinski definition) is 3. The first-order valence-electron chi connectivity index (χ1n) is 14.3. The lowest BCUT2D eigenvalue weighted by atomic mass is 9.98. The van der Waals surface area contributed by atoms with Gasteiger partial charge in [0.15, 0.2) is 17.2 Å². The number of aliphatic hydroxyl groups excluding tert-OH is 1. The number of likely N-dealkylation sites (N-methyl/N-ethyl adjacent to an activating group) is 1. The molecular weight excluding hydrogens is 544 g/mol. The van der Waals surface area contributed by atoms with Gasteiger partial charge < -0.3 is 44.5 Å². The Morgan fingerprint density at radius 3 is 2.64 bits per heavy atom. The molecule has 4 amide bonds. The van der Waals surface area contributed by atoms with E-state index < -0.39 is 12.1 Å². The summed E-state index contributed by atoms with van der Waals surface area (Å²) in [5.41, 5.74) is 1.23. The van der Waals surface area contributed by atoms with E-state index in [1.807, 2.05) is 6.92 Å². The molecule has 1 fully saturated rings. The van der Waals surface area contributed by atoms with E-state index in [9.17, 15) is 19.5 Å². The fourth-order valence-corrected chi connectivity index (χ4v) is 5.30. The predicted molar refractivity (Wildman–Crippen MR) is 154 cm³/mol. The van der Waals surface area contributed by atoms with Gasteiger partial charge in [0.1, 0.15) is 6.10 Å². The van der Waals surface area contributed by atoms with Gasteiger partial charge in [-0.15, -0.1) is 0 Å². The molecule has 0 saturated carbocycles. The van der Waals surface area contributed by atoms with Crippen LogP contribution >= 0.6 is 0 Å². The quantitative estimate of drug-likeness (QED) is 0.453. The number of nitrogens with one attached hydrogen (secondary N) is 2. The molecule has 226 valence electrons. The van der Waals surface area contributed by atoms with E-state index in [1.165, 1.54) is 4.90 Å². The Labute approximate surface area is 244 Å². The summed E-state index contributed by atoms with van der Waals surface area (Å²) in [4.78, 5) is 43.1. The van der Waals surface area contributed by atoms with E-state index in [-0.39, 0.29) is 60.9 Å². The largest absolute Gasteiger partial charge is 0.485 e. The number of benzene rings is 2. The van der Waals surface area contributed by atoms with E-state index in [2.05, 4.69) is 10.6 Å². The van der Waals surface area contributed by atoms with Crippen LogP contribution in [0.4, 0.5) is 16.2 Å². The summed E-state index contributed by atoms with van der Waals surface area (Å²) in [6.07, 6.45) is 0.690. The second kappa shape index (κ2) is 12.9. The molecule has 3 N–H and O–H groups in total. The zero-order valence-electron chi connectivity index (χ0n) is 24.1. The molecule has 0 spiro atoms. The number of aliphatic hydroxyl groups is 1. The summed E-state index contributed by atoms with van der Waals surface area (Å²) >= 11 is 0. The van der Waals surface area contributed by atoms with E-state index in [1.54, 1.807) is 55.3 Å². The lowest BCUT2D eigenvalue weighted by molar-refractivity contribution is -0.122. The van der Waals surface area contributed by atoms with Crippen LogP contribution in [0.25, 0.3) is 0 Å². The van der Waals surface area contributed by atoms with Gasteiger partial charge in [-0.25, -0.2) is 4.79 Å². The lowest BCUT2D eigenvalue weighted by Gasteiger charge is -2.38. The molecule has 12 heteroatoms. The summed E-state index contributed by atoms with van der Waals surface area (Å²) < 4.78 is 22.7. The number of fused-ring (bicyclic) bond motifs is 2. The van der Waals surface area contributed by atoms with Crippen molar-refractivity contribution in [2.75, 3.05) is 57.4 Å². The van der Waals surface area contributed by atoms with Crippen LogP contribution in [0.2, 0.25) is 0 Å². The van der Waals surface area contributed by atoms with Crippen molar-refractivity contribution < 1.29 is 38.4 Å². The molecule has 42 heavy (non-hydrogen) atoms. The van der Waals surface area contributed by atoms with Crippen molar-refractivity contribution in [3.63, 3.8) is 0 Å². The average Bonchev–Trinajstić information content (AvgIpc) is 3.47. The summed E-state index contributed by atoms with van der Waals surface area (Å²) in [5, 5.41) is 15.8. The number of rotatable bonds is 7. The molecule has 1 saturated heterocycles. The second-order valence-electron chi connectivity index (χ2n) is 11.1. The van der Waals surface area contributed by atoms with Crippen LogP contribution in [0, 0.1) is 11.8 Å². The minimum absolute atomic E-state index is 0.136. The summed E-state index contributed by atoms with van der Waals surface area (Å²) in [6, 6.07) is 9.43. The van der Waals surface area contributed by atoms with E-state index in [4.69, 9.17) is 18.9 Å². The topological polar surface area (TPSA) is 139 Å². The van der Waals surface area contributed by atoms with Gasteiger partial charge in [0.05, 0.1) is 30.4 Å². The van der Waals surface area contributed by atoms with Crippen LogP contribution in [-0.4, -0.2) is 91.6 Å². The van der Waals surface area contributed by atoms with Gasteiger partial charge in [-0.2, -0.15) is 0 Å². The first-order valence-corrected chi connectivity index (χ1v) is 14.3. The lowest BCUT2D eigenvalue weighted by Crippen LogP contribution is -2.50. The standard InChI is InChI=1S/C30H38N4O8/c1-18-14-34(19(2)16-35)29(37)22-5-4-6-23(32-28(36)20-9-11-39-12-10-20)27(22)42-26(18)15-33(3)30(38)31-21-7-8-24-25(13-21)41-17-40-24/h4-8,13,18-20,26,35H,9-12,14-17H2,1-3H3,(H,31,38)(H,32,36)/t18-,19-,26+/m1/s1. The monoisotopic (exact) mass is 582 g/mol. The molecule has 5 rings (SSSR count). The number of carbonyl (C=O) groups is 3. The van der Waals surface area contributed by atoms with Crippen molar-refractivity contribution in [1.29, 1.82) is 0 Å². The molecule has 0 bridgehead atoms. The molecule has 12 nitrogen and oxygen atoms in total. The zero-order valence-corrected chi connectivity index (χ0v) is 24.1. The predicted octanol–water partition coefficient (Wildman–Crippen LogP) is 3.16. The molecular formula is C30H38N4O8. The minimum Gasteiger partial charge on any atom is -0.485 e. The Bertz CT molecular complexity index is 1310. The van der Waals surface area contributed by atoms with Crippen LogP contribution < -0.4 is 24.8 Å². The summed E-state index contributed by atoms with van der Waals surface area (Å²) in [5.74, 6) is 0.541.